The van der Waals surface area contributed by atoms with Crippen LogP contribution in [0.25, 0.3) is 0 Å². The Kier molecular flexibility index (Phi) is 5.83. The van der Waals surface area contributed by atoms with Crippen molar-refractivity contribution >= 4 is 0 Å². The zero-order valence-corrected chi connectivity index (χ0v) is 12.9. The lowest BCUT2D eigenvalue weighted by Gasteiger charge is -2.22. The van der Waals surface area contributed by atoms with E-state index >= 15 is 0 Å². The zero-order chi connectivity index (χ0) is 14.5. The molecule has 0 fully saturated rings. The molecular weight excluding hydrogens is 236 g/mol. The third kappa shape index (κ3) is 5.21. The summed E-state index contributed by atoms with van der Waals surface area (Å²) in [5, 5.41) is 0. The van der Waals surface area contributed by atoms with Gasteiger partial charge >= 0.3 is 0 Å². The van der Waals surface area contributed by atoms with Crippen LogP contribution in [0.4, 0.5) is 0 Å². The monoisotopic (exact) mass is 264 g/mol. The zero-order valence-electron chi connectivity index (χ0n) is 12.9. The van der Waals surface area contributed by atoms with Gasteiger partial charge in [0, 0.05) is 11.6 Å². The van der Waals surface area contributed by atoms with Gasteiger partial charge in [-0.25, -0.2) is 0 Å². The molecule has 3 heteroatoms. The van der Waals surface area contributed by atoms with Crippen LogP contribution >= 0.6 is 0 Å². The Hall–Kier alpha value is -1.06. The molecule has 19 heavy (non-hydrogen) atoms. The molecule has 0 bridgehead atoms. The number of rotatable bonds is 6. The van der Waals surface area contributed by atoms with Crippen LogP contribution in [0.1, 0.15) is 57.2 Å². The first-order chi connectivity index (χ1) is 8.87. The van der Waals surface area contributed by atoms with Crippen LogP contribution < -0.4 is 16.0 Å². The van der Waals surface area contributed by atoms with E-state index in [1.807, 2.05) is 6.07 Å². The summed E-state index contributed by atoms with van der Waals surface area (Å²) in [6.45, 7) is 8.90. The summed E-state index contributed by atoms with van der Waals surface area (Å²) < 4.78 is 5.43. The molecule has 1 aromatic carbocycles. The highest BCUT2D eigenvalue weighted by Crippen LogP contribution is 2.31. The van der Waals surface area contributed by atoms with Gasteiger partial charge in [0.15, 0.2) is 0 Å². The number of nitrogens with one attached hydrogen (secondary N) is 1. The third-order valence-electron chi connectivity index (χ3n) is 3.38. The smallest absolute Gasteiger partial charge is 0.123 e. The second-order valence-corrected chi connectivity index (χ2v) is 6.42. The molecule has 108 valence electrons. The minimum atomic E-state index is 0.150. The van der Waals surface area contributed by atoms with Gasteiger partial charge in [0.1, 0.15) is 5.75 Å². The largest absolute Gasteiger partial charge is 0.496 e. The number of hydrogen-bond donors (Lipinski definition) is 2. The van der Waals surface area contributed by atoms with Crippen LogP contribution in [0.3, 0.4) is 0 Å². The Morgan fingerprint density at radius 1 is 1.32 bits per heavy atom. The number of aryl methyl sites for hydroxylation is 1. The number of hydrogen-bond acceptors (Lipinski definition) is 3. The summed E-state index contributed by atoms with van der Waals surface area (Å²) in [7, 11) is 1.71. The van der Waals surface area contributed by atoms with Gasteiger partial charge in [-0.3, -0.25) is 11.3 Å². The van der Waals surface area contributed by atoms with Crippen molar-refractivity contribution in [1.82, 2.24) is 5.43 Å². The summed E-state index contributed by atoms with van der Waals surface area (Å²) in [4.78, 5) is 0. The highest BCUT2D eigenvalue weighted by atomic mass is 16.5. The van der Waals surface area contributed by atoms with Gasteiger partial charge in [-0.05, 0) is 31.2 Å². The van der Waals surface area contributed by atoms with Gasteiger partial charge in [-0.2, -0.15) is 0 Å². The van der Waals surface area contributed by atoms with E-state index in [-0.39, 0.29) is 6.04 Å². The van der Waals surface area contributed by atoms with E-state index in [9.17, 15) is 0 Å². The van der Waals surface area contributed by atoms with E-state index in [1.54, 1.807) is 7.11 Å². The standard InChI is InChI=1S/C16H28N2O/c1-12-8-9-15(19-5)13(11-12)14(18-17)7-6-10-16(2,3)4/h8-9,11,14,18H,6-7,10,17H2,1-5H3. The molecule has 3 nitrogen and oxygen atoms in total. The SMILES string of the molecule is COc1ccc(C)cc1C(CCCC(C)(C)C)NN. The lowest BCUT2D eigenvalue weighted by molar-refractivity contribution is 0.340. The fourth-order valence-electron chi connectivity index (χ4n) is 2.29. The van der Waals surface area contributed by atoms with Crippen molar-refractivity contribution in [3.05, 3.63) is 29.3 Å². The second-order valence-electron chi connectivity index (χ2n) is 6.42. The highest BCUT2D eigenvalue weighted by Gasteiger charge is 2.17. The topological polar surface area (TPSA) is 47.3 Å². The molecule has 0 aliphatic rings. The van der Waals surface area contributed by atoms with E-state index in [4.69, 9.17) is 10.6 Å². The van der Waals surface area contributed by atoms with E-state index in [0.717, 1.165) is 24.2 Å². The van der Waals surface area contributed by atoms with E-state index in [1.165, 1.54) is 12.0 Å². The second kappa shape index (κ2) is 6.92. The molecule has 0 aliphatic carbocycles. The van der Waals surface area contributed by atoms with Gasteiger partial charge in [0.2, 0.25) is 0 Å². The Balaban J connectivity index is 2.76. The van der Waals surface area contributed by atoms with Gasteiger partial charge in [0.25, 0.3) is 0 Å². The molecule has 1 aromatic rings. The van der Waals surface area contributed by atoms with E-state index < -0.39 is 0 Å². The summed E-state index contributed by atoms with van der Waals surface area (Å²) in [5.41, 5.74) is 5.68. The molecule has 0 saturated carbocycles. The Morgan fingerprint density at radius 3 is 2.53 bits per heavy atom. The molecule has 0 radical (unpaired) electrons. The van der Waals surface area contributed by atoms with Gasteiger partial charge in [0.05, 0.1) is 7.11 Å². The fourth-order valence-corrected chi connectivity index (χ4v) is 2.29. The maximum atomic E-state index is 5.72. The van der Waals surface area contributed by atoms with Gasteiger partial charge in [-0.15, -0.1) is 0 Å². The van der Waals surface area contributed by atoms with Gasteiger partial charge < -0.3 is 4.74 Å². The molecule has 0 amide bonds. The van der Waals surface area contributed by atoms with Crippen LogP contribution in [0.15, 0.2) is 18.2 Å². The molecule has 0 aromatic heterocycles. The first-order valence-electron chi connectivity index (χ1n) is 6.98. The summed E-state index contributed by atoms with van der Waals surface area (Å²) in [6.07, 6.45) is 3.36. The third-order valence-corrected chi connectivity index (χ3v) is 3.38. The van der Waals surface area contributed by atoms with Crippen LogP contribution in [0.2, 0.25) is 0 Å². The van der Waals surface area contributed by atoms with Crippen LogP contribution in [0, 0.1) is 12.3 Å². The maximum absolute atomic E-state index is 5.72. The van der Waals surface area contributed by atoms with Crippen molar-refractivity contribution in [2.75, 3.05) is 7.11 Å². The first-order valence-corrected chi connectivity index (χ1v) is 6.98. The average molecular weight is 264 g/mol. The summed E-state index contributed by atoms with van der Waals surface area (Å²) in [6, 6.07) is 6.38. The van der Waals surface area contributed by atoms with Crippen molar-refractivity contribution in [1.29, 1.82) is 0 Å². The molecule has 0 saturated heterocycles. The first kappa shape index (κ1) is 16.0. The van der Waals surface area contributed by atoms with E-state index in [0.29, 0.717) is 5.41 Å². The average Bonchev–Trinajstić information content (AvgIpc) is 2.33. The Labute approximate surface area is 117 Å². The van der Waals surface area contributed by atoms with Crippen LogP contribution in [-0.4, -0.2) is 7.11 Å². The van der Waals surface area contributed by atoms with Crippen molar-refractivity contribution in [3.8, 4) is 5.75 Å². The number of benzene rings is 1. The van der Waals surface area contributed by atoms with Crippen molar-refractivity contribution < 1.29 is 4.74 Å². The lowest BCUT2D eigenvalue weighted by atomic mass is 9.88. The van der Waals surface area contributed by atoms with Gasteiger partial charge in [-0.1, -0.05) is 44.9 Å². The van der Waals surface area contributed by atoms with Crippen molar-refractivity contribution in [2.45, 2.75) is 53.0 Å². The molecule has 1 unspecified atom stereocenters. The van der Waals surface area contributed by atoms with E-state index in [2.05, 4.69) is 45.3 Å². The van der Waals surface area contributed by atoms with Crippen LogP contribution in [0.5, 0.6) is 5.75 Å². The normalized spacial score (nSPS) is 13.4. The Morgan fingerprint density at radius 2 is 2.00 bits per heavy atom. The van der Waals surface area contributed by atoms with Crippen molar-refractivity contribution in [2.24, 2.45) is 11.3 Å². The number of nitrogens with two attached hydrogens (primary N) is 1. The molecule has 0 spiro atoms. The number of ether oxygens (including phenoxy) is 1. The molecule has 0 heterocycles. The highest BCUT2D eigenvalue weighted by molar-refractivity contribution is 5.39. The summed E-state index contributed by atoms with van der Waals surface area (Å²) in [5.74, 6) is 6.63. The number of methoxy groups -OCH3 is 1. The molecule has 3 N–H and O–H groups in total. The molecular formula is C16H28N2O. The fraction of sp³-hybridized carbons (Fsp3) is 0.625. The Bertz CT molecular complexity index is 396. The van der Waals surface area contributed by atoms with Crippen molar-refractivity contribution in [3.63, 3.8) is 0 Å². The molecule has 1 rings (SSSR count). The lowest BCUT2D eigenvalue weighted by Crippen LogP contribution is -2.28. The minimum absolute atomic E-state index is 0.150. The minimum Gasteiger partial charge on any atom is -0.496 e. The predicted octanol–water partition coefficient (Wildman–Crippen LogP) is 3.72. The maximum Gasteiger partial charge on any atom is 0.123 e. The quantitative estimate of drug-likeness (QED) is 0.608. The number of hydrazine groups is 1. The van der Waals surface area contributed by atoms with Crippen LogP contribution in [-0.2, 0) is 0 Å². The summed E-state index contributed by atoms with van der Waals surface area (Å²) >= 11 is 0. The predicted molar refractivity (Wildman–Crippen MR) is 81.1 cm³/mol. The molecule has 1 atom stereocenters. The molecule has 0 aliphatic heterocycles.